The zero-order valence-corrected chi connectivity index (χ0v) is 14.6. The van der Waals surface area contributed by atoms with Gasteiger partial charge in [-0.05, 0) is 50.8 Å². The fourth-order valence-corrected chi connectivity index (χ4v) is 2.30. The average molecular weight is 348 g/mol. The maximum Gasteiger partial charge on any atom is 0.0873 e. The normalized spacial score (nSPS) is 14.0. The molecule has 0 fully saturated rings. The third-order valence-corrected chi connectivity index (χ3v) is 3.42. The van der Waals surface area contributed by atoms with Crippen molar-refractivity contribution in [3.63, 3.8) is 0 Å². The van der Waals surface area contributed by atoms with Crippen LogP contribution in [0.1, 0.15) is 32.5 Å². The Bertz CT molecular complexity index is 413. The lowest BCUT2D eigenvalue weighted by Crippen LogP contribution is -2.36. The van der Waals surface area contributed by atoms with Gasteiger partial charge in [-0.3, -0.25) is 10.5 Å². The summed E-state index contributed by atoms with van der Waals surface area (Å²) in [6.07, 6.45) is 1.80. The van der Waals surface area contributed by atoms with E-state index in [-0.39, 0.29) is 11.6 Å². The molecule has 1 atom stereocenters. The molecule has 116 valence electrons. The van der Waals surface area contributed by atoms with E-state index >= 15 is 0 Å². The molecule has 0 radical (unpaired) electrons. The molecule has 7 heteroatoms. The highest BCUT2D eigenvalue weighted by atomic mass is 79.9. The standard InChI is InChI=1S/C13H26BrN5O/c1-13(2,3)20-9-11(17-15)12-10(14)8-16-19(12)7-6-18(4)5/h8,11,17H,6-7,9,15H2,1-5H3. The fourth-order valence-electron chi connectivity index (χ4n) is 1.73. The number of rotatable bonds is 7. The van der Waals surface area contributed by atoms with Crippen LogP contribution in [0.15, 0.2) is 10.7 Å². The molecule has 0 aromatic carbocycles. The molecule has 0 amide bonds. The minimum absolute atomic E-state index is 0.103. The van der Waals surface area contributed by atoms with Crippen LogP contribution in [0.3, 0.4) is 0 Å². The first-order chi connectivity index (χ1) is 9.24. The van der Waals surface area contributed by atoms with Crippen LogP contribution in [0.25, 0.3) is 0 Å². The van der Waals surface area contributed by atoms with E-state index in [1.807, 2.05) is 39.5 Å². The number of nitrogens with zero attached hydrogens (tertiary/aromatic N) is 3. The molecule has 1 aromatic heterocycles. The predicted octanol–water partition coefficient (Wildman–Crippen LogP) is 1.53. The van der Waals surface area contributed by atoms with Crippen LogP contribution in [-0.2, 0) is 11.3 Å². The van der Waals surface area contributed by atoms with Gasteiger partial charge in [0.1, 0.15) is 0 Å². The van der Waals surface area contributed by atoms with Crippen LogP contribution in [0.5, 0.6) is 0 Å². The Morgan fingerprint density at radius 2 is 2.15 bits per heavy atom. The van der Waals surface area contributed by atoms with E-state index in [1.165, 1.54) is 0 Å². The van der Waals surface area contributed by atoms with E-state index in [9.17, 15) is 0 Å². The van der Waals surface area contributed by atoms with E-state index in [1.54, 1.807) is 6.20 Å². The third-order valence-electron chi connectivity index (χ3n) is 2.81. The van der Waals surface area contributed by atoms with Crippen molar-refractivity contribution in [2.24, 2.45) is 5.84 Å². The van der Waals surface area contributed by atoms with Gasteiger partial charge in [0.25, 0.3) is 0 Å². The Morgan fingerprint density at radius 3 is 2.65 bits per heavy atom. The van der Waals surface area contributed by atoms with Crippen molar-refractivity contribution in [3.8, 4) is 0 Å². The SMILES string of the molecule is CN(C)CCn1ncc(Br)c1C(COC(C)(C)C)NN. The highest BCUT2D eigenvalue weighted by Gasteiger charge is 2.22. The Morgan fingerprint density at radius 1 is 1.50 bits per heavy atom. The van der Waals surface area contributed by atoms with Crippen LogP contribution in [0, 0.1) is 0 Å². The first kappa shape index (κ1) is 17.6. The summed E-state index contributed by atoms with van der Waals surface area (Å²) in [4.78, 5) is 2.12. The maximum absolute atomic E-state index is 5.83. The van der Waals surface area contributed by atoms with Gasteiger partial charge in [-0.2, -0.15) is 5.10 Å². The first-order valence-corrected chi connectivity index (χ1v) is 7.50. The number of hydrogen-bond donors (Lipinski definition) is 2. The van der Waals surface area contributed by atoms with E-state index in [4.69, 9.17) is 10.6 Å². The second kappa shape index (κ2) is 7.51. The van der Waals surface area contributed by atoms with Gasteiger partial charge in [0.05, 0.1) is 41.2 Å². The lowest BCUT2D eigenvalue weighted by Gasteiger charge is -2.25. The number of ether oxygens (including phenoxy) is 1. The van der Waals surface area contributed by atoms with Crippen LogP contribution in [0.4, 0.5) is 0 Å². The lowest BCUT2D eigenvalue weighted by molar-refractivity contribution is -0.0159. The molecule has 1 aromatic rings. The Kier molecular flexibility index (Phi) is 6.60. The van der Waals surface area contributed by atoms with Crippen LogP contribution >= 0.6 is 15.9 Å². The number of likely N-dealkylation sites (N-methyl/N-ethyl adjacent to an activating group) is 1. The van der Waals surface area contributed by atoms with Crippen molar-refractivity contribution in [2.45, 2.75) is 39.0 Å². The highest BCUT2D eigenvalue weighted by Crippen LogP contribution is 2.24. The summed E-state index contributed by atoms with van der Waals surface area (Å²) < 4.78 is 8.73. The van der Waals surface area contributed by atoms with Crippen LogP contribution < -0.4 is 11.3 Å². The molecule has 0 aliphatic carbocycles. The predicted molar refractivity (Wildman–Crippen MR) is 84.3 cm³/mol. The van der Waals surface area contributed by atoms with Gasteiger partial charge in [0.15, 0.2) is 0 Å². The summed E-state index contributed by atoms with van der Waals surface area (Å²) in [5.41, 5.74) is 3.63. The van der Waals surface area contributed by atoms with E-state index in [0.717, 1.165) is 23.3 Å². The number of aromatic nitrogens is 2. The molecule has 6 nitrogen and oxygen atoms in total. The number of hydrazine groups is 1. The molecule has 0 bridgehead atoms. The van der Waals surface area contributed by atoms with Gasteiger partial charge >= 0.3 is 0 Å². The minimum atomic E-state index is -0.198. The van der Waals surface area contributed by atoms with Crippen LogP contribution in [-0.4, -0.2) is 47.5 Å². The zero-order chi connectivity index (χ0) is 15.3. The Hall–Kier alpha value is -0.470. The molecular formula is C13H26BrN5O. The lowest BCUT2D eigenvalue weighted by atomic mass is 10.1. The Balaban J connectivity index is 2.82. The van der Waals surface area contributed by atoms with Gasteiger partial charge in [0, 0.05) is 6.54 Å². The summed E-state index contributed by atoms with van der Waals surface area (Å²) in [7, 11) is 4.08. The molecule has 0 saturated carbocycles. The van der Waals surface area contributed by atoms with Crippen molar-refractivity contribution in [2.75, 3.05) is 27.2 Å². The van der Waals surface area contributed by atoms with Gasteiger partial charge in [-0.1, -0.05) is 0 Å². The maximum atomic E-state index is 5.83. The van der Waals surface area contributed by atoms with E-state index in [2.05, 4.69) is 31.4 Å². The quantitative estimate of drug-likeness (QED) is 0.578. The Labute approximate surface area is 129 Å². The van der Waals surface area contributed by atoms with Gasteiger partial charge in [-0.15, -0.1) is 0 Å². The number of nitrogens with one attached hydrogen (secondary N) is 1. The summed E-state index contributed by atoms with van der Waals surface area (Å²) in [6, 6.07) is -0.103. The molecule has 0 spiro atoms. The second-order valence-electron chi connectivity index (χ2n) is 6.05. The molecule has 1 heterocycles. The van der Waals surface area contributed by atoms with Crippen molar-refractivity contribution in [1.29, 1.82) is 0 Å². The molecule has 0 aliphatic heterocycles. The van der Waals surface area contributed by atoms with Crippen LogP contribution in [0.2, 0.25) is 0 Å². The second-order valence-corrected chi connectivity index (χ2v) is 6.90. The largest absolute Gasteiger partial charge is 0.374 e. The fraction of sp³-hybridized carbons (Fsp3) is 0.769. The van der Waals surface area contributed by atoms with Crippen molar-refractivity contribution >= 4 is 15.9 Å². The first-order valence-electron chi connectivity index (χ1n) is 6.70. The molecular weight excluding hydrogens is 322 g/mol. The van der Waals surface area contributed by atoms with Crippen molar-refractivity contribution in [1.82, 2.24) is 20.1 Å². The highest BCUT2D eigenvalue weighted by molar-refractivity contribution is 9.10. The topological polar surface area (TPSA) is 68.3 Å². The minimum Gasteiger partial charge on any atom is -0.374 e. The molecule has 0 aliphatic rings. The third kappa shape index (κ3) is 5.49. The average Bonchev–Trinajstić information content (AvgIpc) is 2.68. The molecule has 0 saturated heterocycles. The molecule has 1 unspecified atom stereocenters. The molecule has 1 rings (SSSR count). The smallest absolute Gasteiger partial charge is 0.0873 e. The van der Waals surface area contributed by atoms with Gasteiger partial charge < -0.3 is 9.64 Å². The summed E-state index contributed by atoms with van der Waals surface area (Å²) in [6.45, 7) is 8.29. The number of nitrogens with two attached hydrogens (primary N) is 1. The summed E-state index contributed by atoms with van der Waals surface area (Å²) in [5.74, 6) is 5.68. The molecule has 3 N–H and O–H groups in total. The van der Waals surface area contributed by atoms with E-state index in [0.29, 0.717) is 6.61 Å². The summed E-state index contributed by atoms with van der Waals surface area (Å²) in [5, 5.41) is 4.39. The number of halogens is 1. The summed E-state index contributed by atoms with van der Waals surface area (Å²) >= 11 is 3.54. The van der Waals surface area contributed by atoms with Gasteiger partial charge in [-0.25, -0.2) is 5.43 Å². The van der Waals surface area contributed by atoms with Crippen molar-refractivity contribution in [3.05, 3.63) is 16.4 Å². The molecule has 20 heavy (non-hydrogen) atoms. The van der Waals surface area contributed by atoms with Crippen molar-refractivity contribution < 1.29 is 4.74 Å². The zero-order valence-electron chi connectivity index (χ0n) is 13.0. The van der Waals surface area contributed by atoms with E-state index < -0.39 is 0 Å². The van der Waals surface area contributed by atoms with Gasteiger partial charge in [0.2, 0.25) is 0 Å². The number of hydrogen-bond acceptors (Lipinski definition) is 5. The monoisotopic (exact) mass is 347 g/mol.